The Kier molecular flexibility index (Phi) is 8.84. The van der Waals surface area contributed by atoms with Crippen molar-refractivity contribution in [3.63, 3.8) is 0 Å². The molecule has 1 unspecified atom stereocenters. The Hall–Kier alpha value is -3.36. The van der Waals surface area contributed by atoms with Crippen molar-refractivity contribution in [2.45, 2.75) is 25.1 Å². The van der Waals surface area contributed by atoms with Gasteiger partial charge < -0.3 is 14.7 Å². The number of ether oxygens (including phenoxy) is 1. The highest BCUT2D eigenvalue weighted by atomic mass is 19.4. The van der Waals surface area contributed by atoms with Crippen LogP contribution in [0.25, 0.3) is 0 Å². The third-order valence-electron chi connectivity index (χ3n) is 6.50. The number of Topliss-reactive ketones (excluding diaryl/α,β-unsaturated/α-hetero) is 1. The number of piperazine rings is 1. The quantitative estimate of drug-likeness (QED) is 0.384. The highest BCUT2D eigenvalue weighted by Crippen LogP contribution is 2.30. The second kappa shape index (κ2) is 12.3. The van der Waals surface area contributed by atoms with Crippen molar-refractivity contribution >= 4 is 11.5 Å². The molecule has 1 heterocycles. The lowest BCUT2D eigenvalue weighted by atomic mass is 10.0. The number of hydrogen-bond donors (Lipinski definition) is 1. The molecule has 1 aliphatic heterocycles. The molecule has 37 heavy (non-hydrogen) atoms. The standard InChI is InChI=1S/C29H31F3N2O3/c30-29(31,32)23-11-13-24(14-12-23)34-18-16-33(17-19-34)20-25(35)21-37-28-9-5-4-8-26(28)27(36)15-10-22-6-2-1-3-7-22/h1-9,11-14,25,35H,10,15-21H2. The Balaban J connectivity index is 1.23. The van der Waals surface area contributed by atoms with E-state index >= 15 is 0 Å². The molecule has 3 aromatic carbocycles. The van der Waals surface area contributed by atoms with Crippen LogP contribution in [0.2, 0.25) is 0 Å². The summed E-state index contributed by atoms with van der Waals surface area (Å²) >= 11 is 0. The first-order chi connectivity index (χ1) is 17.8. The number of carbonyl (C=O) groups is 1. The number of benzene rings is 3. The monoisotopic (exact) mass is 512 g/mol. The number of carbonyl (C=O) groups excluding carboxylic acids is 1. The number of aliphatic hydroxyl groups excluding tert-OH is 1. The average molecular weight is 513 g/mol. The number of anilines is 1. The fraction of sp³-hybridized carbons (Fsp3) is 0.345. The zero-order valence-electron chi connectivity index (χ0n) is 20.5. The van der Waals surface area contributed by atoms with Gasteiger partial charge in [-0.25, -0.2) is 0 Å². The summed E-state index contributed by atoms with van der Waals surface area (Å²) in [7, 11) is 0. The maximum atomic E-state index is 12.8. The van der Waals surface area contributed by atoms with E-state index in [1.165, 1.54) is 12.1 Å². The van der Waals surface area contributed by atoms with Crippen LogP contribution in [-0.4, -0.2) is 61.2 Å². The Morgan fingerprint density at radius 2 is 1.54 bits per heavy atom. The van der Waals surface area contributed by atoms with Crippen LogP contribution in [0, 0.1) is 0 Å². The maximum absolute atomic E-state index is 12.8. The topological polar surface area (TPSA) is 53.0 Å². The van der Waals surface area contributed by atoms with Gasteiger partial charge in [-0.05, 0) is 48.4 Å². The number of alkyl halides is 3. The predicted molar refractivity (Wildman–Crippen MR) is 137 cm³/mol. The van der Waals surface area contributed by atoms with Gasteiger partial charge in [0.2, 0.25) is 0 Å². The van der Waals surface area contributed by atoms with Crippen molar-refractivity contribution in [2.24, 2.45) is 0 Å². The van der Waals surface area contributed by atoms with Gasteiger partial charge in [0.05, 0.1) is 11.1 Å². The molecule has 196 valence electrons. The van der Waals surface area contributed by atoms with Gasteiger partial charge in [0.1, 0.15) is 18.5 Å². The average Bonchev–Trinajstić information content (AvgIpc) is 2.91. The van der Waals surface area contributed by atoms with Crippen LogP contribution in [0.15, 0.2) is 78.9 Å². The van der Waals surface area contributed by atoms with Crippen LogP contribution in [0.5, 0.6) is 5.75 Å². The van der Waals surface area contributed by atoms with Gasteiger partial charge in [0.15, 0.2) is 5.78 Å². The highest BCUT2D eigenvalue weighted by Gasteiger charge is 2.30. The van der Waals surface area contributed by atoms with Gasteiger partial charge in [-0.2, -0.15) is 13.2 Å². The van der Waals surface area contributed by atoms with Crippen LogP contribution < -0.4 is 9.64 Å². The fourth-order valence-electron chi connectivity index (χ4n) is 4.45. The summed E-state index contributed by atoms with van der Waals surface area (Å²) in [5.74, 6) is 0.458. The summed E-state index contributed by atoms with van der Waals surface area (Å²) < 4.78 is 44.2. The minimum atomic E-state index is -4.34. The second-order valence-corrected chi connectivity index (χ2v) is 9.20. The van der Waals surface area contributed by atoms with Crippen molar-refractivity contribution in [2.75, 3.05) is 44.2 Å². The van der Waals surface area contributed by atoms with Gasteiger partial charge in [0, 0.05) is 44.8 Å². The summed E-state index contributed by atoms with van der Waals surface area (Å²) in [5, 5.41) is 10.6. The molecule has 0 aliphatic carbocycles. The van der Waals surface area contributed by atoms with Crippen LogP contribution in [0.3, 0.4) is 0 Å². The van der Waals surface area contributed by atoms with Gasteiger partial charge >= 0.3 is 6.18 Å². The molecular weight excluding hydrogens is 481 g/mol. The van der Waals surface area contributed by atoms with Crippen LogP contribution in [0.1, 0.15) is 27.9 Å². The predicted octanol–water partition coefficient (Wildman–Crippen LogP) is 5.08. The SMILES string of the molecule is O=C(CCc1ccccc1)c1ccccc1OCC(O)CN1CCN(c2ccc(C(F)(F)F)cc2)CC1. The number of halogens is 3. The largest absolute Gasteiger partial charge is 0.490 e. The molecule has 1 fully saturated rings. The third kappa shape index (κ3) is 7.57. The molecular formula is C29H31F3N2O3. The highest BCUT2D eigenvalue weighted by molar-refractivity contribution is 5.98. The van der Waals surface area contributed by atoms with Crippen LogP contribution >= 0.6 is 0 Å². The number of nitrogens with zero attached hydrogens (tertiary/aromatic N) is 2. The first kappa shape index (κ1) is 26.7. The molecule has 0 radical (unpaired) electrons. The molecule has 0 aromatic heterocycles. The van der Waals surface area contributed by atoms with Crippen molar-refractivity contribution in [1.82, 2.24) is 4.90 Å². The number of rotatable bonds is 10. The summed E-state index contributed by atoms with van der Waals surface area (Å²) in [6.07, 6.45) is -4.07. The number of ketones is 1. The van der Waals surface area contributed by atoms with E-state index in [9.17, 15) is 23.1 Å². The summed E-state index contributed by atoms with van der Waals surface area (Å²) in [4.78, 5) is 16.9. The summed E-state index contributed by atoms with van der Waals surface area (Å²) in [6, 6.07) is 22.1. The number of para-hydroxylation sites is 1. The van der Waals surface area contributed by atoms with E-state index in [0.717, 1.165) is 23.4 Å². The first-order valence-corrected chi connectivity index (χ1v) is 12.4. The molecule has 1 atom stereocenters. The summed E-state index contributed by atoms with van der Waals surface area (Å²) in [5.41, 5.74) is 1.71. The second-order valence-electron chi connectivity index (χ2n) is 9.20. The van der Waals surface area contributed by atoms with Crippen molar-refractivity contribution < 1.29 is 27.8 Å². The Morgan fingerprint density at radius 1 is 0.892 bits per heavy atom. The molecule has 1 N–H and O–H groups in total. The molecule has 5 nitrogen and oxygen atoms in total. The van der Waals surface area contributed by atoms with Gasteiger partial charge in [-0.15, -0.1) is 0 Å². The Labute approximate surface area is 215 Å². The van der Waals surface area contributed by atoms with Crippen molar-refractivity contribution in [1.29, 1.82) is 0 Å². The minimum absolute atomic E-state index is 0.00617. The van der Waals surface area contributed by atoms with E-state index in [4.69, 9.17) is 4.74 Å². The lowest BCUT2D eigenvalue weighted by Gasteiger charge is -2.37. The zero-order chi connectivity index (χ0) is 26.3. The molecule has 1 saturated heterocycles. The normalized spacial score (nSPS) is 15.4. The molecule has 0 saturated carbocycles. The van der Waals surface area contributed by atoms with E-state index in [2.05, 4.69) is 4.90 Å². The van der Waals surface area contributed by atoms with Crippen molar-refractivity contribution in [3.05, 3.63) is 95.6 Å². The molecule has 0 spiro atoms. The molecule has 8 heteroatoms. The fourth-order valence-corrected chi connectivity index (χ4v) is 4.45. The van der Waals surface area contributed by atoms with E-state index < -0.39 is 17.8 Å². The Bertz CT molecular complexity index is 1150. The molecule has 0 amide bonds. The molecule has 1 aliphatic rings. The van der Waals surface area contributed by atoms with E-state index in [0.29, 0.717) is 56.9 Å². The number of aliphatic hydroxyl groups is 1. The lowest BCUT2D eigenvalue weighted by molar-refractivity contribution is -0.137. The van der Waals surface area contributed by atoms with E-state index in [1.807, 2.05) is 35.2 Å². The van der Waals surface area contributed by atoms with Crippen LogP contribution in [0.4, 0.5) is 18.9 Å². The van der Waals surface area contributed by atoms with Gasteiger partial charge in [-0.3, -0.25) is 9.69 Å². The minimum Gasteiger partial charge on any atom is -0.490 e. The third-order valence-corrected chi connectivity index (χ3v) is 6.50. The smallest absolute Gasteiger partial charge is 0.416 e. The van der Waals surface area contributed by atoms with Gasteiger partial charge in [-0.1, -0.05) is 42.5 Å². The summed E-state index contributed by atoms with van der Waals surface area (Å²) in [6.45, 7) is 3.11. The molecule has 4 rings (SSSR count). The Morgan fingerprint density at radius 3 is 2.22 bits per heavy atom. The number of hydrogen-bond acceptors (Lipinski definition) is 5. The van der Waals surface area contributed by atoms with E-state index in [-0.39, 0.29) is 12.4 Å². The zero-order valence-corrected chi connectivity index (χ0v) is 20.5. The maximum Gasteiger partial charge on any atom is 0.416 e. The number of β-amino-alcohol motifs (C(OH)–C–C–N with tert-alkyl or cyclic N) is 1. The van der Waals surface area contributed by atoms with Crippen LogP contribution in [-0.2, 0) is 12.6 Å². The van der Waals surface area contributed by atoms with Crippen molar-refractivity contribution in [3.8, 4) is 5.75 Å². The van der Waals surface area contributed by atoms with Gasteiger partial charge in [0.25, 0.3) is 0 Å². The first-order valence-electron chi connectivity index (χ1n) is 12.4. The lowest BCUT2D eigenvalue weighted by Crippen LogP contribution is -2.49. The molecule has 0 bridgehead atoms. The number of aryl methyl sites for hydroxylation is 1. The molecule has 3 aromatic rings. The van der Waals surface area contributed by atoms with E-state index in [1.54, 1.807) is 24.3 Å².